The van der Waals surface area contributed by atoms with Crippen molar-refractivity contribution in [2.24, 2.45) is 0 Å². The molecule has 0 radical (unpaired) electrons. The van der Waals surface area contributed by atoms with Crippen molar-refractivity contribution in [2.45, 2.75) is 24.7 Å². The maximum Gasteiger partial charge on any atom is 0.321 e. The van der Waals surface area contributed by atoms with Crippen LogP contribution in [-0.2, 0) is 21.4 Å². The molecule has 0 aliphatic heterocycles. The molecule has 6 heteroatoms. The molecule has 0 saturated heterocycles. The minimum absolute atomic E-state index is 0.288. The molecule has 2 aromatic rings. The summed E-state index contributed by atoms with van der Waals surface area (Å²) < 4.78 is 23.0. The molecule has 3 rings (SSSR count). The third kappa shape index (κ3) is 2.17. The van der Waals surface area contributed by atoms with E-state index in [2.05, 4.69) is 10.1 Å². The number of benzene rings is 1. The Morgan fingerprint density at radius 3 is 2.95 bits per heavy atom. The summed E-state index contributed by atoms with van der Waals surface area (Å²) in [5, 5.41) is 3.85. The largest absolute Gasteiger partial charge is 0.468 e. The van der Waals surface area contributed by atoms with E-state index in [1.807, 2.05) is 0 Å². The molecule has 5 nitrogen and oxygen atoms in total. The van der Waals surface area contributed by atoms with Gasteiger partial charge in [-0.25, -0.2) is 4.39 Å². The monoisotopic (exact) mass is 276 g/mol. The second-order valence-corrected chi connectivity index (χ2v) is 4.90. The fourth-order valence-corrected chi connectivity index (χ4v) is 2.18. The van der Waals surface area contributed by atoms with Gasteiger partial charge >= 0.3 is 5.97 Å². The van der Waals surface area contributed by atoms with E-state index in [1.54, 1.807) is 12.1 Å². The number of rotatable bonds is 4. The van der Waals surface area contributed by atoms with Crippen LogP contribution in [0, 0.1) is 5.82 Å². The Balaban J connectivity index is 1.79. The third-order valence-electron chi connectivity index (χ3n) is 3.45. The summed E-state index contributed by atoms with van der Waals surface area (Å²) in [7, 11) is 1.34. The summed E-state index contributed by atoms with van der Waals surface area (Å²) in [6.45, 7) is 0. The minimum atomic E-state index is -0.762. The molecule has 0 spiro atoms. The molecule has 0 N–H and O–H groups in total. The summed E-state index contributed by atoms with van der Waals surface area (Å²) in [5.41, 5.74) is -0.0117. The Morgan fingerprint density at radius 1 is 1.50 bits per heavy atom. The predicted octanol–water partition coefficient (Wildman–Crippen LogP) is 2.00. The van der Waals surface area contributed by atoms with Gasteiger partial charge in [0.15, 0.2) is 5.82 Å². The number of hydrogen-bond acceptors (Lipinski definition) is 5. The van der Waals surface area contributed by atoms with Crippen LogP contribution >= 0.6 is 0 Å². The highest BCUT2D eigenvalue weighted by atomic mass is 19.1. The van der Waals surface area contributed by atoms with Gasteiger partial charge in [-0.3, -0.25) is 4.79 Å². The lowest BCUT2D eigenvalue weighted by Crippen LogP contribution is -2.22. The normalized spacial score (nSPS) is 15.9. The lowest BCUT2D eigenvalue weighted by molar-refractivity contribution is -0.144. The quantitative estimate of drug-likeness (QED) is 0.799. The first kappa shape index (κ1) is 12.8. The maximum atomic E-state index is 13.1. The van der Waals surface area contributed by atoms with Crippen LogP contribution in [0.2, 0.25) is 0 Å². The topological polar surface area (TPSA) is 65.2 Å². The van der Waals surface area contributed by atoms with Crippen molar-refractivity contribution in [3.8, 4) is 0 Å². The molecule has 1 aliphatic rings. The van der Waals surface area contributed by atoms with E-state index in [0.29, 0.717) is 25.1 Å². The van der Waals surface area contributed by atoms with Gasteiger partial charge in [0.05, 0.1) is 7.11 Å². The summed E-state index contributed by atoms with van der Waals surface area (Å²) in [6.07, 6.45) is 1.67. The number of carbonyl (C=O) groups is 1. The van der Waals surface area contributed by atoms with Crippen molar-refractivity contribution in [3.63, 3.8) is 0 Å². The van der Waals surface area contributed by atoms with Gasteiger partial charge in [-0.2, -0.15) is 4.98 Å². The zero-order valence-electron chi connectivity index (χ0n) is 10.9. The van der Waals surface area contributed by atoms with Crippen molar-refractivity contribution in [1.29, 1.82) is 0 Å². The number of nitrogens with zero attached hydrogens (tertiary/aromatic N) is 2. The van der Waals surface area contributed by atoms with Gasteiger partial charge in [0.25, 0.3) is 0 Å². The van der Waals surface area contributed by atoms with E-state index in [0.717, 1.165) is 5.56 Å². The SMILES string of the molecule is COC(=O)C1(c2nc(Cc3cccc(F)c3)no2)CC1. The summed E-state index contributed by atoms with van der Waals surface area (Å²) in [5.74, 6) is 0.0643. The molecule has 1 saturated carbocycles. The highest BCUT2D eigenvalue weighted by molar-refractivity contribution is 5.85. The van der Waals surface area contributed by atoms with Gasteiger partial charge in [0, 0.05) is 6.42 Å². The van der Waals surface area contributed by atoms with Crippen LogP contribution < -0.4 is 0 Å². The molecule has 1 aliphatic carbocycles. The van der Waals surface area contributed by atoms with Crippen LogP contribution in [0.15, 0.2) is 28.8 Å². The number of carbonyl (C=O) groups excluding carboxylic acids is 1. The third-order valence-corrected chi connectivity index (χ3v) is 3.45. The Hall–Kier alpha value is -2.24. The number of hydrogen-bond donors (Lipinski definition) is 0. The standard InChI is InChI=1S/C14H13FN2O3/c1-19-13(18)14(5-6-14)12-16-11(17-20-12)8-9-3-2-4-10(15)7-9/h2-4,7H,5-6,8H2,1H3. The zero-order valence-corrected chi connectivity index (χ0v) is 10.9. The van der Waals surface area contributed by atoms with Crippen molar-refractivity contribution in [2.75, 3.05) is 7.11 Å². The number of esters is 1. The zero-order chi connectivity index (χ0) is 14.2. The molecule has 0 amide bonds. The number of aromatic nitrogens is 2. The Labute approximate surface area is 114 Å². The second kappa shape index (κ2) is 4.70. The number of halogens is 1. The van der Waals surface area contributed by atoms with Gasteiger partial charge in [-0.05, 0) is 30.5 Å². The van der Waals surface area contributed by atoms with Gasteiger partial charge in [0.1, 0.15) is 11.2 Å². The first-order valence-corrected chi connectivity index (χ1v) is 6.30. The highest BCUT2D eigenvalue weighted by Gasteiger charge is 2.57. The van der Waals surface area contributed by atoms with Crippen LogP contribution in [0.25, 0.3) is 0 Å². The average Bonchev–Trinajstić information content (AvgIpc) is 3.13. The minimum Gasteiger partial charge on any atom is -0.468 e. The Bertz CT molecular complexity index is 649. The predicted molar refractivity (Wildman–Crippen MR) is 66.4 cm³/mol. The summed E-state index contributed by atoms with van der Waals surface area (Å²) in [6, 6.07) is 6.21. The van der Waals surface area contributed by atoms with Crippen LogP contribution in [-0.4, -0.2) is 23.2 Å². The van der Waals surface area contributed by atoms with Crippen LogP contribution in [0.5, 0.6) is 0 Å². The van der Waals surface area contributed by atoms with Crippen molar-refractivity contribution in [3.05, 3.63) is 47.4 Å². The Morgan fingerprint density at radius 2 is 2.30 bits per heavy atom. The maximum absolute atomic E-state index is 13.1. The van der Waals surface area contributed by atoms with E-state index in [4.69, 9.17) is 9.26 Å². The van der Waals surface area contributed by atoms with Crippen molar-refractivity contribution < 1.29 is 18.4 Å². The smallest absolute Gasteiger partial charge is 0.321 e. The molecule has 1 aromatic heterocycles. The lowest BCUT2D eigenvalue weighted by atomic mass is 10.1. The first-order chi connectivity index (χ1) is 9.64. The molecule has 104 valence electrons. The molecule has 1 fully saturated rings. The first-order valence-electron chi connectivity index (χ1n) is 6.30. The van der Waals surface area contributed by atoms with E-state index >= 15 is 0 Å². The molecule has 20 heavy (non-hydrogen) atoms. The number of ether oxygens (including phenoxy) is 1. The van der Waals surface area contributed by atoms with Crippen molar-refractivity contribution >= 4 is 5.97 Å². The van der Waals surface area contributed by atoms with E-state index < -0.39 is 5.41 Å². The van der Waals surface area contributed by atoms with E-state index in [9.17, 15) is 9.18 Å². The number of methoxy groups -OCH3 is 1. The summed E-state index contributed by atoms with van der Waals surface area (Å²) >= 11 is 0. The Kier molecular flexibility index (Phi) is 3.00. The molecule has 1 aromatic carbocycles. The molecule has 0 bridgehead atoms. The molecular weight excluding hydrogens is 263 g/mol. The van der Waals surface area contributed by atoms with Crippen molar-refractivity contribution in [1.82, 2.24) is 10.1 Å². The fourth-order valence-electron chi connectivity index (χ4n) is 2.18. The van der Waals surface area contributed by atoms with Gasteiger partial charge in [-0.1, -0.05) is 17.3 Å². The molecular formula is C14H13FN2O3. The van der Waals surface area contributed by atoms with Crippen LogP contribution in [0.1, 0.15) is 30.1 Å². The van der Waals surface area contributed by atoms with Gasteiger partial charge in [-0.15, -0.1) is 0 Å². The van der Waals surface area contributed by atoms with Gasteiger partial charge in [0.2, 0.25) is 5.89 Å². The van der Waals surface area contributed by atoms with Gasteiger partial charge < -0.3 is 9.26 Å². The van der Waals surface area contributed by atoms with E-state index in [-0.39, 0.29) is 17.7 Å². The van der Waals surface area contributed by atoms with Crippen LogP contribution in [0.3, 0.4) is 0 Å². The fraction of sp³-hybridized carbons (Fsp3) is 0.357. The average molecular weight is 276 g/mol. The molecule has 1 heterocycles. The molecule has 0 unspecified atom stereocenters. The van der Waals surface area contributed by atoms with E-state index in [1.165, 1.54) is 19.2 Å². The molecule has 0 atom stereocenters. The van der Waals surface area contributed by atoms with Crippen LogP contribution in [0.4, 0.5) is 4.39 Å². The lowest BCUT2D eigenvalue weighted by Gasteiger charge is -2.05. The second-order valence-electron chi connectivity index (χ2n) is 4.90. The highest BCUT2D eigenvalue weighted by Crippen LogP contribution is 2.48. The summed E-state index contributed by atoms with van der Waals surface area (Å²) in [4.78, 5) is 15.9.